The van der Waals surface area contributed by atoms with E-state index < -0.39 is 0 Å². The van der Waals surface area contributed by atoms with Gasteiger partial charge in [-0.3, -0.25) is 4.79 Å². The number of hydrogen-bond acceptors (Lipinski definition) is 2. The van der Waals surface area contributed by atoms with Crippen molar-refractivity contribution in [3.05, 3.63) is 24.3 Å². The molecule has 1 aliphatic rings. The fourth-order valence-corrected chi connectivity index (χ4v) is 3.73. The molecule has 1 fully saturated rings. The number of anilines is 1. The van der Waals surface area contributed by atoms with Gasteiger partial charge in [-0.25, -0.2) is 0 Å². The molecule has 4 heteroatoms. The molecule has 0 aromatic heterocycles. The maximum absolute atomic E-state index is 11.4. The van der Waals surface area contributed by atoms with E-state index >= 15 is 0 Å². The van der Waals surface area contributed by atoms with Crippen LogP contribution in [0, 0.1) is 0 Å². The van der Waals surface area contributed by atoms with Crippen LogP contribution < -0.4 is 5.32 Å². The second-order valence-electron chi connectivity index (χ2n) is 4.54. The van der Waals surface area contributed by atoms with Gasteiger partial charge in [-0.1, -0.05) is 28.8 Å². The summed E-state index contributed by atoms with van der Waals surface area (Å²) in [6.07, 6.45) is 5.94. The van der Waals surface area contributed by atoms with Gasteiger partial charge in [0.1, 0.15) is 0 Å². The Labute approximate surface area is 121 Å². The van der Waals surface area contributed by atoms with Crippen molar-refractivity contribution >= 4 is 39.3 Å². The molecule has 0 bridgehead atoms. The molecule has 0 heterocycles. The summed E-state index contributed by atoms with van der Waals surface area (Å²) in [5, 5.41) is 4.38. The zero-order valence-corrected chi connectivity index (χ0v) is 12.7. The molecule has 98 valence electrons. The third kappa shape index (κ3) is 4.32. The molecule has 1 aromatic carbocycles. The molecular formula is C14H18BrNOS. The number of benzene rings is 1. The lowest BCUT2D eigenvalue weighted by Gasteiger charge is -2.09. The van der Waals surface area contributed by atoms with Gasteiger partial charge in [0.15, 0.2) is 0 Å². The lowest BCUT2D eigenvalue weighted by molar-refractivity contribution is -0.115. The minimum atomic E-state index is 0.0584. The molecule has 1 N–H and O–H groups in total. The van der Waals surface area contributed by atoms with Crippen LogP contribution in [0.1, 0.15) is 32.1 Å². The average Bonchev–Trinajstić information content (AvgIpc) is 2.85. The smallest absolute Gasteiger partial charge is 0.225 e. The second-order valence-corrected chi connectivity index (χ2v) is 6.70. The molecule has 0 aliphatic heterocycles. The lowest BCUT2D eigenvalue weighted by atomic mass is 10.3. The Morgan fingerprint density at radius 1 is 1.28 bits per heavy atom. The quantitative estimate of drug-likeness (QED) is 0.810. The summed E-state index contributed by atoms with van der Waals surface area (Å²) in [6, 6.07) is 8.19. The van der Waals surface area contributed by atoms with Crippen molar-refractivity contribution in [2.24, 2.45) is 0 Å². The first-order valence-electron chi connectivity index (χ1n) is 6.40. The van der Waals surface area contributed by atoms with Crippen LogP contribution in [-0.4, -0.2) is 16.5 Å². The third-order valence-electron chi connectivity index (χ3n) is 3.06. The predicted octanol–water partition coefficient (Wildman–Crippen LogP) is 4.44. The van der Waals surface area contributed by atoms with Gasteiger partial charge in [0.05, 0.1) is 0 Å². The normalized spacial score (nSPS) is 15.8. The van der Waals surface area contributed by atoms with Crippen LogP contribution in [0.3, 0.4) is 0 Å². The molecule has 1 saturated carbocycles. The summed E-state index contributed by atoms with van der Waals surface area (Å²) >= 11 is 5.23. The van der Waals surface area contributed by atoms with Crippen LogP contribution in [0.5, 0.6) is 0 Å². The monoisotopic (exact) mass is 327 g/mol. The Bertz CT molecular complexity index is 387. The van der Waals surface area contributed by atoms with Crippen LogP contribution in [0.4, 0.5) is 5.69 Å². The molecule has 18 heavy (non-hydrogen) atoms. The maximum Gasteiger partial charge on any atom is 0.225 e. The second kappa shape index (κ2) is 7.19. The minimum absolute atomic E-state index is 0.0584. The number of carbonyl (C=O) groups is 1. The van der Waals surface area contributed by atoms with Crippen LogP contribution in [0.25, 0.3) is 0 Å². The molecule has 1 amide bonds. The number of amides is 1. The van der Waals surface area contributed by atoms with Crippen LogP contribution in [0.2, 0.25) is 0 Å². The van der Waals surface area contributed by atoms with E-state index in [1.807, 2.05) is 23.9 Å². The summed E-state index contributed by atoms with van der Waals surface area (Å²) in [6.45, 7) is 0. The number of halogens is 1. The Morgan fingerprint density at radius 2 is 1.94 bits per heavy atom. The molecular weight excluding hydrogens is 310 g/mol. The number of carbonyl (C=O) groups excluding carboxylic acids is 1. The van der Waals surface area contributed by atoms with Crippen LogP contribution >= 0.6 is 27.7 Å². The molecule has 0 saturated heterocycles. The Kier molecular flexibility index (Phi) is 5.57. The number of nitrogens with one attached hydrogen (secondary N) is 1. The van der Waals surface area contributed by atoms with Crippen LogP contribution in [-0.2, 0) is 4.79 Å². The van der Waals surface area contributed by atoms with Crippen molar-refractivity contribution in [2.45, 2.75) is 42.2 Å². The Balaban J connectivity index is 1.86. The van der Waals surface area contributed by atoms with E-state index in [4.69, 9.17) is 0 Å². The molecule has 0 spiro atoms. The van der Waals surface area contributed by atoms with Gasteiger partial charge in [0.25, 0.3) is 0 Å². The van der Waals surface area contributed by atoms with E-state index in [1.165, 1.54) is 30.6 Å². The Hall–Kier alpha value is -0.480. The van der Waals surface area contributed by atoms with Gasteiger partial charge in [-0.15, -0.1) is 11.8 Å². The molecule has 0 radical (unpaired) electrons. The number of rotatable bonds is 5. The van der Waals surface area contributed by atoms with Crippen molar-refractivity contribution in [3.63, 3.8) is 0 Å². The van der Waals surface area contributed by atoms with E-state index in [-0.39, 0.29) is 5.91 Å². The summed E-state index contributed by atoms with van der Waals surface area (Å²) in [7, 11) is 0. The maximum atomic E-state index is 11.4. The number of hydrogen-bond donors (Lipinski definition) is 1. The van der Waals surface area contributed by atoms with Crippen molar-refractivity contribution in [3.8, 4) is 0 Å². The Morgan fingerprint density at radius 3 is 2.56 bits per heavy atom. The van der Waals surface area contributed by atoms with Crippen molar-refractivity contribution in [1.29, 1.82) is 0 Å². The topological polar surface area (TPSA) is 29.1 Å². The fraction of sp³-hybridized carbons (Fsp3) is 0.500. The van der Waals surface area contributed by atoms with Gasteiger partial charge in [-0.05, 0) is 37.1 Å². The lowest BCUT2D eigenvalue weighted by Crippen LogP contribution is -2.11. The largest absolute Gasteiger partial charge is 0.326 e. The van der Waals surface area contributed by atoms with Gasteiger partial charge < -0.3 is 5.32 Å². The molecule has 2 rings (SSSR count). The fourth-order valence-electron chi connectivity index (χ4n) is 2.12. The molecule has 1 aliphatic carbocycles. The van der Waals surface area contributed by atoms with E-state index in [1.54, 1.807) is 0 Å². The first-order valence-corrected chi connectivity index (χ1v) is 8.40. The average molecular weight is 328 g/mol. The summed E-state index contributed by atoms with van der Waals surface area (Å²) in [5.41, 5.74) is 0.886. The predicted molar refractivity (Wildman–Crippen MR) is 81.6 cm³/mol. The highest BCUT2D eigenvalue weighted by Gasteiger charge is 2.15. The van der Waals surface area contributed by atoms with Gasteiger partial charge in [-0.2, -0.15) is 0 Å². The molecule has 0 atom stereocenters. The van der Waals surface area contributed by atoms with Crippen molar-refractivity contribution in [1.82, 2.24) is 0 Å². The van der Waals surface area contributed by atoms with Gasteiger partial charge in [0, 0.05) is 27.6 Å². The zero-order valence-electron chi connectivity index (χ0n) is 10.3. The van der Waals surface area contributed by atoms with E-state index in [2.05, 4.69) is 33.4 Å². The zero-order chi connectivity index (χ0) is 12.8. The first kappa shape index (κ1) is 13.9. The highest BCUT2D eigenvalue weighted by atomic mass is 79.9. The number of alkyl halides is 1. The highest BCUT2D eigenvalue weighted by Crippen LogP contribution is 2.34. The summed E-state index contributed by atoms with van der Waals surface area (Å²) in [4.78, 5) is 12.7. The first-order chi connectivity index (χ1) is 8.78. The SMILES string of the molecule is O=C(CCBr)Nc1ccc(SC2CCCC2)cc1. The molecule has 0 unspecified atom stereocenters. The van der Waals surface area contributed by atoms with E-state index in [9.17, 15) is 4.79 Å². The van der Waals surface area contributed by atoms with E-state index in [0.717, 1.165) is 10.9 Å². The van der Waals surface area contributed by atoms with E-state index in [0.29, 0.717) is 11.8 Å². The van der Waals surface area contributed by atoms with Crippen molar-refractivity contribution < 1.29 is 4.79 Å². The molecule has 1 aromatic rings. The van der Waals surface area contributed by atoms with Gasteiger partial charge >= 0.3 is 0 Å². The molecule has 2 nitrogen and oxygen atoms in total. The number of thioether (sulfide) groups is 1. The minimum Gasteiger partial charge on any atom is -0.326 e. The van der Waals surface area contributed by atoms with Crippen molar-refractivity contribution in [2.75, 3.05) is 10.6 Å². The summed E-state index contributed by atoms with van der Waals surface area (Å²) in [5.74, 6) is 0.0584. The summed E-state index contributed by atoms with van der Waals surface area (Å²) < 4.78 is 0. The standard InChI is InChI=1S/C14H18BrNOS/c15-10-9-14(17)16-11-5-7-13(8-6-11)18-12-3-1-2-4-12/h5-8,12H,1-4,9-10H2,(H,16,17). The highest BCUT2D eigenvalue weighted by molar-refractivity contribution is 9.09. The third-order valence-corrected chi connectivity index (χ3v) is 4.81. The van der Waals surface area contributed by atoms with Crippen LogP contribution in [0.15, 0.2) is 29.2 Å². The van der Waals surface area contributed by atoms with Gasteiger partial charge in [0.2, 0.25) is 5.91 Å².